The highest BCUT2D eigenvalue weighted by molar-refractivity contribution is 5.82. The molecule has 0 radical (unpaired) electrons. The Hall–Kier alpha value is -1.56. The highest BCUT2D eigenvalue weighted by atomic mass is 19.4. The predicted molar refractivity (Wildman–Crippen MR) is 73.5 cm³/mol. The number of carbonyl (C=O) groups excluding carboxylic acids is 1. The monoisotopic (exact) mass is 300 g/mol. The smallest absolute Gasteiger partial charge is 0.352 e. The van der Waals surface area contributed by atoms with E-state index >= 15 is 0 Å². The summed E-state index contributed by atoms with van der Waals surface area (Å²) < 4.78 is 37.4. The molecule has 1 fully saturated rings. The molecule has 1 amide bonds. The van der Waals surface area contributed by atoms with Crippen molar-refractivity contribution >= 4 is 5.91 Å². The van der Waals surface area contributed by atoms with Crippen molar-refractivity contribution < 1.29 is 18.0 Å². The van der Waals surface area contributed by atoms with Crippen LogP contribution >= 0.6 is 0 Å². The van der Waals surface area contributed by atoms with Crippen LogP contribution in [0, 0.1) is 5.41 Å². The maximum Gasteiger partial charge on any atom is 0.416 e. The summed E-state index contributed by atoms with van der Waals surface area (Å²) in [5, 5.41) is 6.00. The number of hydrogen-bond donors (Lipinski definition) is 2. The summed E-state index contributed by atoms with van der Waals surface area (Å²) in [5.74, 6) is -0.0606. The van der Waals surface area contributed by atoms with Gasteiger partial charge < -0.3 is 10.6 Å². The molecule has 1 atom stereocenters. The van der Waals surface area contributed by atoms with Gasteiger partial charge in [-0.05, 0) is 44.0 Å². The molecule has 0 aliphatic carbocycles. The fourth-order valence-corrected chi connectivity index (χ4v) is 2.46. The van der Waals surface area contributed by atoms with Gasteiger partial charge in [-0.1, -0.05) is 12.1 Å². The molecule has 0 aromatic heterocycles. The molecule has 0 bridgehead atoms. The van der Waals surface area contributed by atoms with Crippen LogP contribution < -0.4 is 10.6 Å². The largest absolute Gasteiger partial charge is 0.416 e. The molecule has 0 saturated carbocycles. The summed E-state index contributed by atoms with van der Waals surface area (Å²) in [6.45, 7) is 3.70. The summed E-state index contributed by atoms with van der Waals surface area (Å²) >= 11 is 0. The van der Waals surface area contributed by atoms with Gasteiger partial charge in [0.25, 0.3) is 0 Å². The minimum absolute atomic E-state index is 0.0606. The van der Waals surface area contributed by atoms with E-state index in [4.69, 9.17) is 0 Å². The van der Waals surface area contributed by atoms with Crippen LogP contribution in [0.4, 0.5) is 13.2 Å². The molecular formula is C15H19F3N2O. The SMILES string of the molecule is CC1(C(=O)NCc2ccc(C(F)(F)F)cc2)CCCNC1. The molecule has 1 heterocycles. The molecule has 6 heteroatoms. The third kappa shape index (κ3) is 3.97. The van der Waals surface area contributed by atoms with E-state index in [1.54, 1.807) is 0 Å². The van der Waals surface area contributed by atoms with E-state index in [1.807, 2.05) is 6.92 Å². The third-order valence-electron chi connectivity index (χ3n) is 3.88. The lowest BCUT2D eigenvalue weighted by Gasteiger charge is -2.32. The molecule has 1 aliphatic rings. The van der Waals surface area contributed by atoms with E-state index in [1.165, 1.54) is 12.1 Å². The van der Waals surface area contributed by atoms with E-state index in [-0.39, 0.29) is 12.5 Å². The highest BCUT2D eigenvalue weighted by Crippen LogP contribution is 2.29. The maximum atomic E-state index is 12.5. The highest BCUT2D eigenvalue weighted by Gasteiger charge is 2.34. The van der Waals surface area contributed by atoms with Crippen LogP contribution in [0.3, 0.4) is 0 Å². The minimum atomic E-state index is -4.33. The second-order valence-electron chi connectivity index (χ2n) is 5.72. The maximum absolute atomic E-state index is 12.5. The van der Waals surface area contributed by atoms with Crippen molar-refractivity contribution in [3.63, 3.8) is 0 Å². The Morgan fingerprint density at radius 1 is 1.33 bits per heavy atom. The van der Waals surface area contributed by atoms with Crippen molar-refractivity contribution in [1.82, 2.24) is 10.6 Å². The van der Waals surface area contributed by atoms with Gasteiger partial charge in [0.15, 0.2) is 0 Å². The molecule has 1 aliphatic heterocycles. The number of benzene rings is 1. The zero-order chi connectivity index (χ0) is 15.5. The summed E-state index contributed by atoms with van der Waals surface area (Å²) in [5.41, 5.74) is -0.464. The zero-order valence-corrected chi connectivity index (χ0v) is 11.9. The van der Waals surface area contributed by atoms with Crippen molar-refractivity contribution in [2.24, 2.45) is 5.41 Å². The second kappa shape index (κ2) is 6.05. The van der Waals surface area contributed by atoms with Gasteiger partial charge in [-0.25, -0.2) is 0 Å². The van der Waals surface area contributed by atoms with Crippen LogP contribution in [-0.2, 0) is 17.5 Å². The van der Waals surface area contributed by atoms with Gasteiger partial charge in [0.2, 0.25) is 5.91 Å². The Labute approximate surface area is 121 Å². The molecular weight excluding hydrogens is 281 g/mol. The molecule has 1 saturated heterocycles. The van der Waals surface area contributed by atoms with Gasteiger partial charge >= 0.3 is 6.18 Å². The van der Waals surface area contributed by atoms with Crippen LogP contribution in [-0.4, -0.2) is 19.0 Å². The molecule has 116 valence electrons. The van der Waals surface area contributed by atoms with Gasteiger partial charge in [-0.15, -0.1) is 0 Å². The first-order chi connectivity index (χ1) is 9.81. The number of amides is 1. The summed E-state index contributed by atoms with van der Waals surface area (Å²) in [7, 11) is 0. The van der Waals surface area contributed by atoms with Gasteiger partial charge in [0.1, 0.15) is 0 Å². The Morgan fingerprint density at radius 3 is 2.52 bits per heavy atom. The second-order valence-corrected chi connectivity index (χ2v) is 5.72. The lowest BCUT2D eigenvalue weighted by atomic mass is 9.82. The van der Waals surface area contributed by atoms with E-state index < -0.39 is 17.2 Å². The third-order valence-corrected chi connectivity index (χ3v) is 3.88. The first-order valence-electron chi connectivity index (χ1n) is 6.96. The van der Waals surface area contributed by atoms with Gasteiger partial charge in [0, 0.05) is 13.1 Å². The van der Waals surface area contributed by atoms with E-state index in [9.17, 15) is 18.0 Å². The summed E-state index contributed by atoms with van der Waals surface area (Å²) in [6.07, 6.45) is -2.56. The molecule has 2 N–H and O–H groups in total. The average Bonchev–Trinajstić information content (AvgIpc) is 2.45. The molecule has 21 heavy (non-hydrogen) atoms. The van der Waals surface area contributed by atoms with E-state index in [0.717, 1.165) is 31.5 Å². The van der Waals surface area contributed by atoms with Crippen LogP contribution in [0.15, 0.2) is 24.3 Å². The lowest BCUT2D eigenvalue weighted by Crippen LogP contribution is -2.48. The van der Waals surface area contributed by atoms with Crippen LogP contribution in [0.25, 0.3) is 0 Å². The summed E-state index contributed by atoms with van der Waals surface area (Å²) in [4.78, 5) is 12.2. The van der Waals surface area contributed by atoms with Crippen LogP contribution in [0.5, 0.6) is 0 Å². The van der Waals surface area contributed by atoms with Gasteiger partial charge in [-0.2, -0.15) is 13.2 Å². The normalized spacial score (nSPS) is 22.9. The van der Waals surface area contributed by atoms with Crippen molar-refractivity contribution in [3.05, 3.63) is 35.4 Å². The van der Waals surface area contributed by atoms with Crippen molar-refractivity contribution in [2.75, 3.05) is 13.1 Å². The Morgan fingerprint density at radius 2 is 2.00 bits per heavy atom. The molecule has 2 rings (SSSR count). The molecule has 1 aromatic carbocycles. The van der Waals surface area contributed by atoms with Gasteiger partial charge in [0.05, 0.1) is 11.0 Å². The number of halogens is 3. The van der Waals surface area contributed by atoms with Crippen molar-refractivity contribution in [2.45, 2.75) is 32.5 Å². The fraction of sp³-hybridized carbons (Fsp3) is 0.533. The lowest BCUT2D eigenvalue weighted by molar-refractivity contribution is -0.137. The first kappa shape index (κ1) is 15.8. The first-order valence-corrected chi connectivity index (χ1v) is 6.96. The number of nitrogens with one attached hydrogen (secondary N) is 2. The zero-order valence-electron chi connectivity index (χ0n) is 11.9. The van der Waals surface area contributed by atoms with Crippen LogP contribution in [0.2, 0.25) is 0 Å². The summed E-state index contributed by atoms with van der Waals surface area (Å²) in [6, 6.07) is 4.85. The molecule has 0 spiro atoms. The average molecular weight is 300 g/mol. The van der Waals surface area contributed by atoms with E-state index in [2.05, 4.69) is 10.6 Å². The molecule has 1 aromatic rings. The number of hydrogen-bond acceptors (Lipinski definition) is 2. The minimum Gasteiger partial charge on any atom is -0.352 e. The number of alkyl halides is 3. The van der Waals surface area contributed by atoms with Crippen molar-refractivity contribution in [1.29, 1.82) is 0 Å². The van der Waals surface area contributed by atoms with Crippen LogP contribution in [0.1, 0.15) is 30.9 Å². The molecule has 1 unspecified atom stereocenters. The number of rotatable bonds is 3. The Balaban J connectivity index is 1.92. The molecule has 3 nitrogen and oxygen atoms in total. The standard InChI is InChI=1S/C15H19F3N2O/c1-14(7-2-8-19-10-14)13(21)20-9-11-3-5-12(6-4-11)15(16,17)18/h3-6,19H,2,7-10H2,1H3,(H,20,21). The fourth-order valence-electron chi connectivity index (χ4n) is 2.46. The number of piperidine rings is 1. The quantitative estimate of drug-likeness (QED) is 0.901. The number of carbonyl (C=O) groups is 1. The predicted octanol–water partition coefficient (Wildman–Crippen LogP) is 2.71. The van der Waals surface area contributed by atoms with Gasteiger partial charge in [-0.3, -0.25) is 4.79 Å². The Bertz CT molecular complexity index is 491. The Kier molecular flexibility index (Phi) is 4.56. The van der Waals surface area contributed by atoms with E-state index in [0.29, 0.717) is 12.1 Å². The van der Waals surface area contributed by atoms with Crippen molar-refractivity contribution in [3.8, 4) is 0 Å². The topological polar surface area (TPSA) is 41.1 Å².